The third-order valence-electron chi connectivity index (χ3n) is 6.39. The number of benzene rings is 3. The largest absolute Gasteiger partial charge is 0.364 e. The third-order valence-corrected chi connectivity index (χ3v) is 9.15. The molecule has 0 radical (unpaired) electrons. The van der Waals surface area contributed by atoms with Gasteiger partial charge in [-0.2, -0.15) is 13.5 Å². The minimum atomic E-state index is -4.20. The minimum absolute atomic E-state index is 0.00491. The molecule has 1 heterocycles. The molecule has 0 amide bonds. The van der Waals surface area contributed by atoms with E-state index in [4.69, 9.17) is 28.3 Å². The van der Waals surface area contributed by atoms with Crippen LogP contribution in [0.5, 0.6) is 0 Å². The molecule has 3 aromatic rings. The van der Waals surface area contributed by atoms with Crippen molar-refractivity contribution in [1.82, 2.24) is 5.32 Å². The maximum Gasteiger partial charge on any atom is 0.284 e. The van der Waals surface area contributed by atoms with E-state index in [1.54, 1.807) is 17.1 Å². The first-order valence-electron chi connectivity index (χ1n) is 12.5. The number of sulfone groups is 1. The number of rotatable bonds is 9. The van der Waals surface area contributed by atoms with Gasteiger partial charge in [0.1, 0.15) is 15.5 Å². The highest BCUT2D eigenvalue weighted by Gasteiger charge is 2.34. The van der Waals surface area contributed by atoms with Gasteiger partial charge < -0.3 is 5.32 Å². The van der Waals surface area contributed by atoms with E-state index in [2.05, 4.69) is 9.71 Å². The maximum absolute atomic E-state index is 13.4. The van der Waals surface area contributed by atoms with Crippen molar-refractivity contribution in [2.75, 3.05) is 17.0 Å². The van der Waals surface area contributed by atoms with Crippen LogP contribution < -0.4 is 10.3 Å². The molecule has 3 aromatic carbocycles. The fourth-order valence-corrected chi connectivity index (χ4v) is 6.62. The smallest absolute Gasteiger partial charge is 0.284 e. The summed E-state index contributed by atoms with van der Waals surface area (Å²) in [4.78, 5) is -0.0480. The van der Waals surface area contributed by atoms with Crippen LogP contribution in [0.15, 0.2) is 93.3 Å². The lowest BCUT2D eigenvalue weighted by molar-refractivity contribution is 0.483. The van der Waals surface area contributed by atoms with Crippen molar-refractivity contribution in [1.29, 1.82) is 0 Å². The summed E-state index contributed by atoms with van der Waals surface area (Å²) < 4.78 is 55.5. The first kappa shape index (κ1) is 30.0. The summed E-state index contributed by atoms with van der Waals surface area (Å²) in [6.07, 6.45) is 1.46. The molecule has 0 spiro atoms. The van der Waals surface area contributed by atoms with Crippen LogP contribution in [0.4, 0.5) is 5.69 Å². The number of anilines is 1. The Morgan fingerprint density at radius 3 is 2.08 bits per heavy atom. The highest BCUT2D eigenvalue weighted by molar-refractivity contribution is 7.90. The Hall–Kier alpha value is -2.92. The summed E-state index contributed by atoms with van der Waals surface area (Å²) in [7, 11) is -7.59. The van der Waals surface area contributed by atoms with Crippen LogP contribution in [0.2, 0.25) is 10.0 Å². The second-order valence-corrected chi connectivity index (χ2v) is 14.6. The van der Waals surface area contributed by atoms with E-state index in [0.717, 1.165) is 17.5 Å². The summed E-state index contributed by atoms with van der Waals surface area (Å²) in [5.41, 5.74) is 2.10. The van der Waals surface area contributed by atoms with Crippen molar-refractivity contribution in [3.05, 3.63) is 94.5 Å². The Balaban J connectivity index is 1.83. The zero-order chi connectivity index (χ0) is 29.1. The van der Waals surface area contributed by atoms with Gasteiger partial charge in [0, 0.05) is 28.8 Å². The van der Waals surface area contributed by atoms with Crippen molar-refractivity contribution < 1.29 is 16.8 Å². The monoisotopic (exact) mass is 620 g/mol. The van der Waals surface area contributed by atoms with E-state index in [1.165, 1.54) is 24.3 Å². The lowest BCUT2D eigenvalue weighted by Gasteiger charge is -2.24. The van der Waals surface area contributed by atoms with Crippen LogP contribution in [0, 0.1) is 5.92 Å². The summed E-state index contributed by atoms with van der Waals surface area (Å²) in [5, 5.41) is 10.7. The Labute approximate surface area is 245 Å². The van der Waals surface area contributed by atoms with E-state index in [1.807, 2.05) is 56.3 Å². The molecule has 0 bridgehead atoms. The molecule has 0 aromatic heterocycles. The van der Waals surface area contributed by atoms with Gasteiger partial charge in [-0.05, 0) is 60.0 Å². The fourth-order valence-electron chi connectivity index (χ4n) is 4.26. The van der Waals surface area contributed by atoms with Crippen molar-refractivity contribution in [2.24, 2.45) is 15.4 Å². The molecule has 8 nitrogen and oxygen atoms in total. The molecule has 2 unspecified atom stereocenters. The predicted molar refractivity (Wildman–Crippen MR) is 163 cm³/mol. The van der Waals surface area contributed by atoms with Gasteiger partial charge in [-0.1, -0.05) is 67.4 Å². The Bertz CT molecular complexity index is 1610. The van der Waals surface area contributed by atoms with Crippen LogP contribution in [0.1, 0.15) is 31.9 Å². The normalized spacial score (nSPS) is 17.1. The Morgan fingerprint density at radius 2 is 1.52 bits per heavy atom. The molecule has 1 aliphatic heterocycles. The number of amidine groups is 1. The summed E-state index contributed by atoms with van der Waals surface area (Å²) in [6, 6.07) is 21.7. The van der Waals surface area contributed by atoms with Crippen LogP contribution >= 0.6 is 23.2 Å². The SMILES string of the molecule is CC(C)C(CS(C)(=O)=O)NC(=NS(=O)(=O)c1ccc(Cl)cc1)C1=NN(c2ccc(Cl)cc2)C(c2ccccc2)C1. The molecule has 0 fully saturated rings. The van der Waals surface area contributed by atoms with Gasteiger partial charge >= 0.3 is 0 Å². The average molecular weight is 622 g/mol. The summed E-state index contributed by atoms with van der Waals surface area (Å²) in [6.45, 7) is 3.72. The highest BCUT2D eigenvalue weighted by Crippen LogP contribution is 2.36. The van der Waals surface area contributed by atoms with E-state index < -0.39 is 25.9 Å². The lowest BCUT2D eigenvalue weighted by Crippen LogP contribution is -2.46. The number of hydrogen-bond acceptors (Lipinski definition) is 6. The molecule has 212 valence electrons. The molecule has 12 heteroatoms. The number of sulfonamides is 1. The van der Waals surface area contributed by atoms with Crippen LogP contribution in [0.25, 0.3) is 0 Å². The Kier molecular flexibility index (Phi) is 9.24. The highest BCUT2D eigenvalue weighted by atomic mass is 35.5. The van der Waals surface area contributed by atoms with Crippen molar-refractivity contribution in [2.45, 2.75) is 37.2 Å². The van der Waals surface area contributed by atoms with Crippen LogP contribution in [-0.4, -0.2) is 46.4 Å². The first-order chi connectivity index (χ1) is 18.8. The van der Waals surface area contributed by atoms with Crippen molar-refractivity contribution >= 4 is 60.3 Å². The molecule has 1 aliphatic rings. The third kappa shape index (κ3) is 7.63. The number of nitrogens with one attached hydrogen (secondary N) is 1. The summed E-state index contributed by atoms with van der Waals surface area (Å²) in [5.74, 6) is -0.367. The summed E-state index contributed by atoms with van der Waals surface area (Å²) >= 11 is 12.1. The number of hydrazone groups is 1. The minimum Gasteiger partial charge on any atom is -0.364 e. The zero-order valence-electron chi connectivity index (χ0n) is 22.2. The van der Waals surface area contributed by atoms with Gasteiger partial charge in [0.25, 0.3) is 10.0 Å². The quantitative estimate of drug-likeness (QED) is 0.241. The molecule has 1 N–H and O–H groups in total. The van der Waals surface area contributed by atoms with Crippen molar-refractivity contribution in [3.8, 4) is 0 Å². The van der Waals surface area contributed by atoms with E-state index in [0.29, 0.717) is 22.2 Å². The van der Waals surface area contributed by atoms with Gasteiger partial charge in [-0.15, -0.1) is 4.40 Å². The second-order valence-electron chi connectivity index (χ2n) is 9.95. The molecule has 2 atom stereocenters. The van der Waals surface area contributed by atoms with E-state index in [9.17, 15) is 16.8 Å². The second kappa shape index (κ2) is 12.3. The predicted octanol–water partition coefficient (Wildman–Crippen LogP) is 5.75. The standard InChI is InChI=1S/C28H30Cl2N4O4S2/c1-19(2)26(18-39(3,35)36)31-28(33-40(37,38)24-15-11-22(30)12-16-24)25-17-27(20-7-5-4-6-8-20)34(32-25)23-13-9-21(29)10-14-23/h4-16,19,26-27H,17-18H2,1-3H3,(H,31,33). The zero-order valence-corrected chi connectivity index (χ0v) is 25.3. The van der Waals surface area contributed by atoms with Gasteiger partial charge in [0.05, 0.1) is 22.4 Å². The van der Waals surface area contributed by atoms with Crippen molar-refractivity contribution in [3.63, 3.8) is 0 Å². The molecular formula is C28H30Cl2N4O4S2. The molecular weight excluding hydrogens is 591 g/mol. The first-order valence-corrected chi connectivity index (χ1v) is 16.8. The van der Waals surface area contributed by atoms with Gasteiger partial charge in [0.2, 0.25) is 0 Å². The van der Waals surface area contributed by atoms with E-state index >= 15 is 0 Å². The van der Waals surface area contributed by atoms with Gasteiger partial charge in [-0.25, -0.2) is 8.42 Å². The molecule has 0 saturated heterocycles. The maximum atomic E-state index is 13.4. The Morgan fingerprint density at radius 1 is 0.950 bits per heavy atom. The number of nitrogens with zero attached hydrogens (tertiary/aromatic N) is 3. The average Bonchev–Trinajstić information content (AvgIpc) is 3.34. The molecule has 40 heavy (non-hydrogen) atoms. The topological polar surface area (TPSA) is 108 Å². The van der Waals surface area contributed by atoms with Crippen LogP contribution in [-0.2, 0) is 19.9 Å². The van der Waals surface area contributed by atoms with Gasteiger partial charge in [-0.3, -0.25) is 5.01 Å². The van der Waals surface area contributed by atoms with Gasteiger partial charge in [0.15, 0.2) is 5.84 Å². The number of halogens is 2. The number of hydrogen-bond donors (Lipinski definition) is 1. The lowest BCUT2D eigenvalue weighted by atomic mass is 10.0. The van der Waals surface area contributed by atoms with Crippen LogP contribution in [0.3, 0.4) is 0 Å². The molecule has 4 rings (SSSR count). The molecule has 0 aliphatic carbocycles. The molecule has 0 saturated carbocycles. The van der Waals surface area contributed by atoms with E-state index in [-0.39, 0.29) is 28.4 Å². The fraction of sp³-hybridized carbons (Fsp3) is 0.286.